The Balaban J connectivity index is 1.89. The number of carbonyl (C=O) groups is 2. The first-order valence-corrected chi connectivity index (χ1v) is 11.1. The zero-order chi connectivity index (χ0) is 21.3. The van der Waals surface area contributed by atoms with Gasteiger partial charge in [0, 0.05) is 6.54 Å². The molecule has 0 unspecified atom stereocenters. The van der Waals surface area contributed by atoms with E-state index in [1.54, 1.807) is 11.8 Å². The second-order valence-electron chi connectivity index (χ2n) is 8.71. The first-order chi connectivity index (χ1) is 14.5. The Morgan fingerprint density at radius 3 is 2.77 bits per heavy atom. The maximum Gasteiger partial charge on any atom is 0.320 e. The molecule has 1 aliphatic carbocycles. The Bertz CT molecular complexity index is 962. The molecule has 0 radical (unpaired) electrons. The van der Waals surface area contributed by atoms with Crippen LogP contribution in [-0.4, -0.2) is 34.6 Å². The van der Waals surface area contributed by atoms with Crippen molar-refractivity contribution >= 4 is 28.9 Å². The van der Waals surface area contributed by atoms with Gasteiger partial charge in [0.15, 0.2) is 5.92 Å². The fourth-order valence-corrected chi connectivity index (χ4v) is 4.76. The van der Waals surface area contributed by atoms with E-state index in [2.05, 4.69) is 30.6 Å². The molecule has 4 rings (SSSR count). The molecule has 0 N–H and O–H groups in total. The van der Waals surface area contributed by atoms with Crippen LogP contribution in [0.25, 0.3) is 11.0 Å². The molecule has 30 heavy (non-hydrogen) atoms. The summed E-state index contributed by atoms with van der Waals surface area (Å²) in [6.45, 7) is 6.88. The van der Waals surface area contributed by atoms with Crippen LogP contribution in [0.5, 0.6) is 0 Å². The van der Waals surface area contributed by atoms with Crippen LogP contribution >= 0.6 is 0 Å². The van der Waals surface area contributed by atoms with E-state index in [0.29, 0.717) is 18.4 Å². The zero-order valence-electron chi connectivity index (χ0n) is 18.1. The number of esters is 1. The van der Waals surface area contributed by atoms with E-state index < -0.39 is 11.9 Å². The first kappa shape index (κ1) is 20.6. The molecule has 1 aromatic heterocycles. The van der Waals surface area contributed by atoms with Crippen molar-refractivity contribution in [2.75, 3.05) is 18.1 Å². The van der Waals surface area contributed by atoms with E-state index in [-0.39, 0.29) is 24.5 Å². The predicted octanol–water partition coefficient (Wildman–Crippen LogP) is 4.51. The SMILES string of the molecule is CCOC(=O)[C@H]1C(=O)N(CCC(C)C)c2nc3ccccc3n2[C@H]1[C@@H]1CC=CCC1. The number of amides is 1. The third-order valence-corrected chi connectivity index (χ3v) is 6.25. The molecule has 1 aromatic carbocycles. The molecule has 6 heteroatoms. The summed E-state index contributed by atoms with van der Waals surface area (Å²) in [6, 6.07) is 7.69. The van der Waals surface area contributed by atoms with Gasteiger partial charge in [0.25, 0.3) is 0 Å². The number of para-hydroxylation sites is 2. The largest absolute Gasteiger partial charge is 0.465 e. The summed E-state index contributed by atoms with van der Waals surface area (Å²) in [5, 5.41) is 0. The molecule has 1 aliphatic heterocycles. The van der Waals surface area contributed by atoms with Crippen molar-refractivity contribution in [3.05, 3.63) is 36.4 Å². The number of benzene rings is 1. The minimum Gasteiger partial charge on any atom is -0.465 e. The summed E-state index contributed by atoms with van der Waals surface area (Å²) < 4.78 is 7.57. The molecular weight excluding hydrogens is 378 g/mol. The second-order valence-corrected chi connectivity index (χ2v) is 8.71. The highest BCUT2D eigenvalue weighted by molar-refractivity contribution is 6.08. The van der Waals surface area contributed by atoms with Gasteiger partial charge < -0.3 is 9.30 Å². The highest BCUT2D eigenvalue weighted by Gasteiger charge is 2.49. The molecule has 1 amide bonds. The fourth-order valence-electron chi connectivity index (χ4n) is 4.76. The van der Waals surface area contributed by atoms with Gasteiger partial charge in [-0.15, -0.1) is 0 Å². The van der Waals surface area contributed by atoms with Crippen molar-refractivity contribution < 1.29 is 14.3 Å². The number of hydrogen-bond donors (Lipinski definition) is 0. The van der Waals surface area contributed by atoms with Gasteiger partial charge in [-0.3, -0.25) is 14.5 Å². The summed E-state index contributed by atoms with van der Waals surface area (Å²) in [7, 11) is 0. The van der Waals surface area contributed by atoms with Crippen molar-refractivity contribution in [2.45, 2.75) is 52.5 Å². The van der Waals surface area contributed by atoms with Crippen molar-refractivity contribution in [3.63, 3.8) is 0 Å². The Morgan fingerprint density at radius 2 is 2.07 bits per heavy atom. The number of fused-ring (bicyclic) bond motifs is 3. The van der Waals surface area contributed by atoms with Crippen LogP contribution in [0.2, 0.25) is 0 Å². The fraction of sp³-hybridized carbons (Fsp3) is 0.542. The Morgan fingerprint density at radius 1 is 1.27 bits per heavy atom. The number of nitrogens with zero attached hydrogens (tertiary/aromatic N) is 3. The Labute approximate surface area is 177 Å². The quantitative estimate of drug-likeness (QED) is 0.400. The number of ether oxygens (including phenoxy) is 1. The smallest absolute Gasteiger partial charge is 0.320 e. The molecule has 160 valence electrons. The number of imidazole rings is 1. The average Bonchev–Trinajstić information content (AvgIpc) is 3.12. The summed E-state index contributed by atoms with van der Waals surface area (Å²) in [5.74, 6) is -0.119. The van der Waals surface area contributed by atoms with Crippen LogP contribution < -0.4 is 4.90 Å². The molecule has 6 nitrogen and oxygen atoms in total. The summed E-state index contributed by atoms with van der Waals surface area (Å²) in [4.78, 5) is 33.4. The standard InChI is InChI=1S/C24H31N3O3/c1-4-30-23(29)20-21(17-10-6-5-7-11-17)27-19-13-9-8-12-18(19)25-24(27)26(22(20)28)15-14-16(2)3/h5-6,8-9,12-13,16-17,20-21H,4,7,10-11,14-15H2,1-3H3/t17-,20-,21+/m1/s1. The van der Waals surface area contributed by atoms with Gasteiger partial charge in [0.2, 0.25) is 11.9 Å². The molecule has 3 atom stereocenters. The van der Waals surface area contributed by atoms with Gasteiger partial charge in [-0.2, -0.15) is 0 Å². The predicted molar refractivity (Wildman–Crippen MR) is 117 cm³/mol. The second kappa shape index (κ2) is 8.62. The number of anilines is 1. The molecule has 2 aromatic rings. The highest BCUT2D eigenvalue weighted by atomic mass is 16.5. The number of carbonyl (C=O) groups excluding carboxylic acids is 2. The lowest BCUT2D eigenvalue weighted by molar-refractivity contribution is -0.155. The van der Waals surface area contributed by atoms with E-state index in [1.807, 2.05) is 24.3 Å². The molecular formula is C24H31N3O3. The third kappa shape index (κ3) is 3.64. The first-order valence-electron chi connectivity index (χ1n) is 11.1. The minimum atomic E-state index is -0.835. The van der Waals surface area contributed by atoms with E-state index in [9.17, 15) is 9.59 Å². The van der Waals surface area contributed by atoms with Crippen molar-refractivity contribution in [1.29, 1.82) is 0 Å². The van der Waals surface area contributed by atoms with E-state index in [0.717, 1.165) is 36.7 Å². The minimum absolute atomic E-state index is 0.170. The van der Waals surface area contributed by atoms with Crippen LogP contribution in [0.1, 0.15) is 52.5 Å². The van der Waals surface area contributed by atoms with Crippen LogP contribution in [0.3, 0.4) is 0 Å². The van der Waals surface area contributed by atoms with Crippen LogP contribution in [0, 0.1) is 17.8 Å². The monoisotopic (exact) mass is 409 g/mol. The molecule has 0 saturated carbocycles. The average molecular weight is 410 g/mol. The van der Waals surface area contributed by atoms with Crippen LogP contribution in [-0.2, 0) is 14.3 Å². The maximum atomic E-state index is 13.7. The lowest BCUT2D eigenvalue weighted by Gasteiger charge is -2.41. The Kier molecular flexibility index (Phi) is 5.93. The van der Waals surface area contributed by atoms with Gasteiger partial charge in [0.05, 0.1) is 23.7 Å². The maximum absolute atomic E-state index is 13.7. The third-order valence-electron chi connectivity index (χ3n) is 6.25. The van der Waals surface area contributed by atoms with E-state index in [4.69, 9.17) is 9.72 Å². The van der Waals surface area contributed by atoms with Gasteiger partial charge in [-0.05, 0) is 56.6 Å². The summed E-state index contributed by atoms with van der Waals surface area (Å²) >= 11 is 0. The van der Waals surface area contributed by atoms with Crippen molar-refractivity contribution in [1.82, 2.24) is 9.55 Å². The molecule has 0 fully saturated rings. The van der Waals surface area contributed by atoms with Gasteiger partial charge >= 0.3 is 5.97 Å². The molecule has 2 aliphatic rings. The topological polar surface area (TPSA) is 64.4 Å². The number of hydrogen-bond acceptors (Lipinski definition) is 4. The summed E-state index contributed by atoms with van der Waals surface area (Å²) in [6.07, 6.45) is 7.96. The number of rotatable bonds is 6. The summed E-state index contributed by atoms with van der Waals surface area (Å²) in [5.41, 5.74) is 1.83. The number of aromatic nitrogens is 2. The van der Waals surface area contributed by atoms with E-state index >= 15 is 0 Å². The van der Waals surface area contributed by atoms with Gasteiger partial charge in [0.1, 0.15) is 0 Å². The molecule has 2 heterocycles. The van der Waals surface area contributed by atoms with E-state index in [1.165, 1.54) is 0 Å². The zero-order valence-corrected chi connectivity index (χ0v) is 18.1. The molecule has 0 bridgehead atoms. The van der Waals surface area contributed by atoms with Crippen LogP contribution in [0.4, 0.5) is 5.95 Å². The normalized spacial score (nSPS) is 23.8. The Hall–Kier alpha value is -2.63. The number of allylic oxidation sites excluding steroid dienone is 2. The van der Waals surface area contributed by atoms with Crippen molar-refractivity contribution in [2.24, 2.45) is 17.8 Å². The lowest BCUT2D eigenvalue weighted by Crippen LogP contribution is -2.52. The molecule has 0 saturated heterocycles. The van der Waals surface area contributed by atoms with Gasteiger partial charge in [-0.1, -0.05) is 38.1 Å². The van der Waals surface area contributed by atoms with Gasteiger partial charge in [-0.25, -0.2) is 4.98 Å². The van der Waals surface area contributed by atoms with Crippen molar-refractivity contribution in [3.8, 4) is 0 Å². The molecule has 0 spiro atoms. The highest BCUT2D eigenvalue weighted by Crippen LogP contribution is 2.44. The van der Waals surface area contributed by atoms with Crippen LogP contribution in [0.15, 0.2) is 36.4 Å². The lowest BCUT2D eigenvalue weighted by atomic mass is 9.79.